The number of nitrogens with one attached hydrogen (secondary N) is 1. The molecule has 1 atom stereocenters. The van der Waals surface area contributed by atoms with Crippen LogP contribution < -0.4 is 5.32 Å². The summed E-state index contributed by atoms with van der Waals surface area (Å²) >= 11 is 0. The number of aromatic nitrogens is 4. The molecule has 0 aliphatic carbocycles. The molecule has 1 amide bonds. The number of hydrogen-bond acceptors (Lipinski definition) is 4. The van der Waals surface area contributed by atoms with E-state index >= 15 is 0 Å². The summed E-state index contributed by atoms with van der Waals surface area (Å²) in [6.45, 7) is 5.08. The highest BCUT2D eigenvalue weighted by atomic mass is 19.1. The highest BCUT2D eigenvalue weighted by Crippen LogP contribution is 2.23. The number of benzene rings is 1. The van der Waals surface area contributed by atoms with E-state index in [1.807, 2.05) is 43.0 Å². The molecule has 1 fully saturated rings. The minimum absolute atomic E-state index is 0.0788. The fraction of sp³-hybridized carbons (Fsp3) is 0.435. The molecule has 4 rings (SSSR count). The third-order valence-corrected chi connectivity index (χ3v) is 5.91. The molecule has 8 heteroatoms. The molecule has 1 aliphatic rings. The number of piperidine rings is 1. The van der Waals surface area contributed by atoms with Crippen molar-refractivity contribution >= 4 is 5.91 Å². The van der Waals surface area contributed by atoms with E-state index in [9.17, 15) is 9.18 Å². The lowest BCUT2D eigenvalue weighted by Gasteiger charge is -2.32. The second-order valence-electron chi connectivity index (χ2n) is 8.31. The van der Waals surface area contributed by atoms with E-state index in [-0.39, 0.29) is 23.7 Å². The van der Waals surface area contributed by atoms with Gasteiger partial charge in [0.1, 0.15) is 5.82 Å². The maximum atomic E-state index is 14.1. The molecule has 1 saturated heterocycles. The summed E-state index contributed by atoms with van der Waals surface area (Å²) in [7, 11) is 1.90. The van der Waals surface area contributed by atoms with E-state index in [4.69, 9.17) is 0 Å². The Morgan fingerprint density at radius 1 is 1.26 bits per heavy atom. The van der Waals surface area contributed by atoms with Crippen molar-refractivity contribution < 1.29 is 9.18 Å². The van der Waals surface area contributed by atoms with Gasteiger partial charge < -0.3 is 5.32 Å². The number of rotatable bonds is 7. The van der Waals surface area contributed by atoms with Crippen molar-refractivity contribution in [2.75, 3.05) is 13.1 Å². The summed E-state index contributed by atoms with van der Waals surface area (Å²) in [5.41, 5.74) is 2.23. The number of aryl methyl sites for hydroxylation is 1. The highest BCUT2D eigenvalue weighted by molar-refractivity contribution is 5.78. The van der Waals surface area contributed by atoms with Crippen LogP contribution in [0.4, 0.5) is 4.39 Å². The van der Waals surface area contributed by atoms with Gasteiger partial charge in [0, 0.05) is 50.7 Å². The highest BCUT2D eigenvalue weighted by Gasteiger charge is 2.24. The van der Waals surface area contributed by atoms with E-state index in [2.05, 4.69) is 20.4 Å². The first-order valence-electron chi connectivity index (χ1n) is 10.8. The molecule has 0 bridgehead atoms. The summed E-state index contributed by atoms with van der Waals surface area (Å²) in [6, 6.07) is 10.7. The van der Waals surface area contributed by atoms with Crippen LogP contribution in [-0.2, 0) is 24.9 Å². The van der Waals surface area contributed by atoms with Crippen molar-refractivity contribution in [2.45, 2.75) is 38.9 Å². The third kappa shape index (κ3) is 5.19. The molecule has 0 saturated carbocycles. The Bertz CT molecular complexity index is 1010. The zero-order valence-electron chi connectivity index (χ0n) is 18.0. The van der Waals surface area contributed by atoms with Crippen LogP contribution in [0.25, 0.3) is 11.3 Å². The number of amides is 1. The molecule has 0 spiro atoms. The van der Waals surface area contributed by atoms with E-state index < -0.39 is 0 Å². The van der Waals surface area contributed by atoms with Gasteiger partial charge in [0.2, 0.25) is 5.91 Å². The topological polar surface area (TPSA) is 68.0 Å². The summed E-state index contributed by atoms with van der Waals surface area (Å²) in [4.78, 5) is 14.9. The molecule has 2 aromatic heterocycles. The Balaban J connectivity index is 1.28. The normalized spacial score (nSPS) is 16.4. The Labute approximate surface area is 181 Å². The van der Waals surface area contributed by atoms with Crippen molar-refractivity contribution in [1.82, 2.24) is 29.8 Å². The van der Waals surface area contributed by atoms with E-state index in [1.54, 1.807) is 23.0 Å². The first kappa shape index (κ1) is 21.2. The summed E-state index contributed by atoms with van der Waals surface area (Å²) in [6.07, 6.45) is 5.43. The quantitative estimate of drug-likeness (QED) is 0.633. The van der Waals surface area contributed by atoms with Crippen LogP contribution in [0.2, 0.25) is 0 Å². The van der Waals surface area contributed by atoms with Crippen LogP contribution in [0, 0.1) is 11.7 Å². The first-order valence-corrected chi connectivity index (χ1v) is 10.8. The SMILES string of the molecule is C[C@H](Cn1cccn1)C(=O)NC1CCN(Cc2cc(-c3ccccc3F)nn2C)CC1. The zero-order chi connectivity index (χ0) is 21.8. The maximum absolute atomic E-state index is 14.1. The second-order valence-corrected chi connectivity index (χ2v) is 8.31. The molecular weight excluding hydrogens is 395 g/mol. The van der Waals surface area contributed by atoms with Crippen LogP contribution in [0.3, 0.4) is 0 Å². The van der Waals surface area contributed by atoms with Gasteiger partial charge in [-0.1, -0.05) is 19.1 Å². The van der Waals surface area contributed by atoms with Gasteiger partial charge in [-0.3, -0.25) is 19.1 Å². The van der Waals surface area contributed by atoms with Gasteiger partial charge in [-0.05, 0) is 37.1 Å². The predicted molar refractivity (Wildman–Crippen MR) is 116 cm³/mol. The number of carbonyl (C=O) groups excluding carboxylic acids is 1. The number of hydrogen-bond donors (Lipinski definition) is 1. The standard InChI is InChI=1S/C23H29FN6O/c1-17(15-30-11-5-10-25-30)23(31)26-18-8-12-29(13-9-18)16-19-14-22(27-28(19)2)20-6-3-4-7-21(20)24/h3-7,10-11,14,17-18H,8-9,12-13,15-16H2,1-2H3,(H,26,31)/t17-/m1/s1. The zero-order valence-corrected chi connectivity index (χ0v) is 18.0. The Hall–Kier alpha value is -3.00. The summed E-state index contributed by atoms with van der Waals surface area (Å²) < 4.78 is 17.7. The molecule has 7 nitrogen and oxygen atoms in total. The van der Waals surface area contributed by atoms with E-state index in [0.29, 0.717) is 17.8 Å². The van der Waals surface area contributed by atoms with Crippen LogP contribution in [0.15, 0.2) is 48.8 Å². The molecule has 3 heterocycles. The lowest BCUT2D eigenvalue weighted by molar-refractivity contribution is -0.126. The minimum atomic E-state index is -0.259. The van der Waals surface area contributed by atoms with Crippen LogP contribution in [-0.4, -0.2) is 49.5 Å². The van der Waals surface area contributed by atoms with Crippen LogP contribution in [0.1, 0.15) is 25.5 Å². The van der Waals surface area contributed by atoms with Gasteiger partial charge >= 0.3 is 0 Å². The lowest BCUT2D eigenvalue weighted by Crippen LogP contribution is -2.46. The van der Waals surface area contributed by atoms with E-state index in [0.717, 1.165) is 38.2 Å². The predicted octanol–water partition coefficient (Wildman–Crippen LogP) is 2.84. The largest absolute Gasteiger partial charge is 0.353 e. The summed E-state index contributed by atoms with van der Waals surface area (Å²) in [5, 5.41) is 11.9. The van der Waals surface area contributed by atoms with Gasteiger partial charge in [0.25, 0.3) is 0 Å². The van der Waals surface area contributed by atoms with E-state index in [1.165, 1.54) is 6.07 Å². The minimum Gasteiger partial charge on any atom is -0.353 e. The molecule has 1 N–H and O–H groups in total. The number of likely N-dealkylation sites (tertiary alicyclic amines) is 1. The average molecular weight is 425 g/mol. The smallest absolute Gasteiger partial charge is 0.224 e. The third-order valence-electron chi connectivity index (χ3n) is 5.91. The average Bonchev–Trinajstić information content (AvgIpc) is 3.39. The molecule has 0 unspecified atom stereocenters. The van der Waals surface area contributed by atoms with Crippen molar-refractivity contribution in [2.24, 2.45) is 13.0 Å². The van der Waals surface area contributed by atoms with Gasteiger partial charge in [0.05, 0.1) is 23.9 Å². The van der Waals surface area contributed by atoms with Crippen molar-refractivity contribution in [3.63, 3.8) is 0 Å². The monoisotopic (exact) mass is 424 g/mol. The Morgan fingerprint density at radius 2 is 2.03 bits per heavy atom. The van der Waals surface area contributed by atoms with Crippen molar-refractivity contribution in [3.8, 4) is 11.3 Å². The molecule has 164 valence electrons. The van der Waals surface area contributed by atoms with Crippen molar-refractivity contribution in [3.05, 3.63) is 60.3 Å². The molecule has 1 aliphatic heterocycles. The fourth-order valence-electron chi connectivity index (χ4n) is 4.03. The lowest BCUT2D eigenvalue weighted by atomic mass is 10.0. The number of halogens is 1. The summed E-state index contributed by atoms with van der Waals surface area (Å²) in [5.74, 6) is -0.301. The maximum Gasteiger partial charge on any atom is 0.224 e. The number of nitrogens with zero attached hydrogens (tertiary/aromatic N) is 5. The number of carbonyl (C=O) groups is 1. The van der Waals surface area contributed by atoms with Crippen molar-refractivity contribution in [1.29, 1.82) is 0 Å². The first-order chi connectivity index (χ1) is 15.0. The van der Waals surface area contributed by atoms with Gasteiger partial charge in [-0.2, -0.15) is 10.2 Å². The van der Waals surface area contributed by atoms with Gasteiger partial charge in [-0.25, -0.2) is 4.39 Å². The molecule has 1 aromatic carbocycles. The van der Waals surface area contributed by atoms with Gasteiger partial charge in [0.15, 0.2) is 0 Å². The Morgan fingerprint density at radius 3 is 2.74 bits per heavy atom. The molecule has 31 heavy (non-hydrogen) atoms. The molecular formula is C23H29FN6O. The van der Waals surface area contributed by atoms with Gasteiger partial charge in [-0.15, -0.1) is 0 Å². The molecule has 3 aromatic rings. The second kappa shape index (κ2) is 9.43. The molecule has 0 radical (unpaired) electrons. The fourth-order valence-corrected chi connectivity index (χ4v) is 4.03. The Kier molecular flexibility index (Phi) is 6.46. The van der Waals surface area contributed by atoms with Crippen LogP contribution >= 0.6 is 0 Å². The van der Waals surface area contributed by atoms with Crippen LogP contribution in [0.5, 0.6) is 0 Å².